The lowest BCUT2D eigenvalue weighted by Crippen LogP contribution is -2.45. The summed E-state index contributed by atoms with van der Waals surface area (Å²) in [6, 6.07) is 10.1. The molecule has 31 heavy (non-hydrogen) atoms. The van der Waals surface area contributed by atoms with Gasteiger partial charge in [-0.05, 0) is 25.3 Å². The predicted molar refractivity (Wildman–Crippen MR) is 121 cm³/mol. The van der Waals surface area contributed by atoms with Crippen molar-refractivity contribution in [2.45, 2.75) is 39.0 Å². The van der Waals surface area contributed by atoms with E-state index in [0.717, 1.165) is 67.7 Å². The number of benzene rings is 1. The first-order valence-corrected chi connectivity index (χ1v) is 12.0. The number of aromatic nitrogens is 1. The van der Waals surface area contributed by atoms with Gasteiger partial charge < -0.3 is 15.1 Å². The van der Waals surface area contributed by atoms with Crippen LogP contribution in [-0.4, -0.2) is 58.8 Å². The third-order valence-electron chi connectivity index (χ3n) is 6.51. The zero-order valence-corrected chi connectivity index (χ0v) is 18.7. The van der Waals surface area contributed by atoms with Crippen LogP contribution in [0.15, 0.2) is 40.9 Å². The highest BCUT2D eigenvalue weighted by Gasteiger charge is 2.45. The molecule has 2 saturated heterocycles. The first kappa shape index (κ1) is 20.5. The molecule has 3 aliphatic heterocycles. The number of amides is 1. The molecule has 8 heteroatoms. The Morgan fingerprint density at radius 3 is 2.77 bits per heavy atom. The molecule has 2 aromatic rings. The van der Waals surface area contributed by atoms with Crippen LogP contribution in [0.25, 0.3) is 0 Å². The maximum absolute atomic E-state index is 12.6. The van der Waals surface area contributed by atoms with Gasteiger partial charge in [0.15, 0.2) is 11.9 Å². The molecule has 0 unspecified atom stereocenters. The molecule has 0 aliphatic carbocycles. The Bertz CT molecular complexity index is 938. The van der Waals surface area contributed by atoms with E-state index in [0.29, 0.717) is 12.5 Å². The summed E-state index contributed by atoms with van der Waals surface area (Å²) in [6.07, 6.45) is 1.86. The lowest BCUT2D eigenvalue weighted by Gasteiger charge is -2.33. The molecule has 1 N–H and O–H groups in total. The average Bonchev–Trinajstić information content (AvgIpc) is 3.49. The molecule has 0 spiro atoms. The monoisotopic (exact) mass is 439 g/mol. The summed E-state index contributed by atoms with van der Waals surface area (Å²) in [7, 11) is 0. The van der Waals surface area contributed by atoms with Crippen molar-refractivity contribution in [3.05, 3.63) is 52.0 Å². The van der Waals surface area contributed by atoms with Crippen LogP contribution in [-0.2, 0) is 22.7 Å². The smallest absolute Gasteiger partial charge is 0.223 e. The van der Waals surface area contributed by atoms with Crippen molar-refractivity contribution in [3.63, 3.8) is 0 Å². The second-order valence-electron chi connectivity index (χ2n) is 8.72. The fourth-order valence-corrected chi connectivity index (χ4v) is 5.43. The molecular weight excluding hydrogens is 410 g/mol. The Kier molecular flexibility index (Phi) is 5.91. The molecule has 1 aromatic carbocycles. The van der Waals surface area contributed by atoms with Crippen LogP contribution in [0.2, 0.25) is 0 Å². The van der Waals surface area contributed by atoms with Gasteiger partial charge in [-0.1, -0.05) is 35.5 Å². The molecule has 0 saturated carbocycles. The van der Waals surface area contributed by atoms with E-state index in [9.17, 15) is 4.79 Å². The fraction of sp³-hybridized carbons (Fsp3) is 0.522. The molecule has 2 atom stereocenters. The number of amidine groups is 1. The Morgan fingerprint density at radius 2 is 2.03 bits per heavy atom. The quantitative estimate of drug-likeness (QED) is 0.776. The number of rotatable bonds is 5. The zero-order valence-electron chi connectivity index (χ0n) is 17.9. The van der Waals surface area contributed by atoms with E-state index < -0.39 is 0 Å². The molecule has 2 fully saturated rings. The number of piperidine rings is 1. The van der Waals surface area contributed by atoms with Crippen molar-refractivity contribution in [2.75, 3.05) is 26.2 Å². The Hall–Kier alpha value is -2.45. The Morgan fingerprint density at radius 1 is 1.23 bits per heavy atom. The molecule has 3 aliphatic rings. The molecule has 1 aromatic heterocycles. The third-order valence-corrected chi connectivity index (χ3v) is 7.33. The van der Waals surface area contributed by atoms with Crippen molar-refractivity contribution < 1.29 is 9.63 Å². The van der Waals surface area contributed by atoms with E-state index in [2.05, 4.69) is 30.6 Å². The highest BCUT2D eigenvalue weighted by Crippen LogP contribution is 2.31. The number of hydrogen-bond acceptors (Lipinski definition) is 7. The number of fused-ring (bicyclic) bond motifs is 1. The Labute approximate surface area is 187 Å². The molecule has 164 valence electrons. The standard InChI is InChI=1S/C23H29N5O2S/c1-16-25-19(15-31-16)12-27-13-20-21(14-27)30-26-22(20)28-9-7-18(8-10-28)23(29)24-11-17-5-3-2-4-6-17/h2-6,15,18,20-21H,7-14H2,1H3,(H,24,29)/t20-,21-/m0/s1. The molecule has 0 radical (unpaired) electrons. The third kappa shape index (κ3) is 4.60. The first-order valence-electron chi connectivity index (χ1n) is 11.1. The van der Waals surface area contributed by atoms with Gasteiger partial charge in [-0.25, -0.2) is 4.98 Å². The van der Waals surface area contributed by atoms with Crippen LogP contribution in [0, 0.1) is 18.8 Å². The average molecular weight is 440 g/mol. The number of hydrogen-bond donors (Lipinski definition) is 1. The van der Waals surface area contributed by atoms with Gasteiger partial charge in [0.25, 0.3) is 0 Å². The second-order valence-corrected chi connectivity index (χ2v) is 9.78. The lowest BCUT2D eigenvalue weighted by atomic mass is 9.94. The number of thiazole rings is 1. The van der Waals surface area contributed by atoms with Gasteiger partial charge in [0.1, 0.15) is 0 Å². The van der Waals surface area contributed by atoms with Crippen LogP contribution in [0.4, 0.5) is 0 Å². The van der Waals surface area contributed by atoms with E-state index in [1.54, 1.807) is 11.3 Å². The number of carbonyl (C=O) groups is 1. The van der Waals surface area contributed by atoms with Crippen LogP contribution in [0.5, 0.6) is 0 Å². The molecule has 1 amide bonds. The number of carbonyl (C=O) groups excluding carboxylic acids is 1. The van der Waals surface area contributed by atoms with E-state index >= 15 is 0 Å². The van der Waals surface area contributed by atoms with Crippen molar-refractivity contribution >= 4 is 23.1 Å². The minimum atomic E-state index is 0.0756. The fourth-order valence-electron chi connectivity index (χ4n) is 4.83. The van der Waals surface area contributed by atoms with Crippen molar-refractivity contribution in [2.24, 2.45) is 17.0 Å². The van der Waals surface area contributed by atoms with Gasteiger partial charge in [-0.3, -0.25) is 9.69 Å². The van der Waals surface area contributed by atoms with E-state index in [1.165, 1.54) is 0 Å². The summed E-state index contributed by atoms with van der Waals surface area (Å²) in [6.45, 7) is 7.09. The minimum Gasteiger partial charge on any atom is -0.389 e. The number of nitrogens with one attached hydrogen (secondary N) is 1. The largest absolute Gasteiger partial charge is 0.389 e. The zero-order chi connectivity index (χ0) is 21.2. The lowest BCUT2D eigenvalue weighted by molar-refractivity contribution is -0.126. The SMILES string of the molecule is Cc1nc(CN2C[C@@H]3ON=C(N4CCC(C(=O)NCc5ccccc5)CC4)[C@H]3C2)cs1. The van der Waals surface area contributed by atoms with Gasteiger partial charge in [0, 0.05) is 50.6 Å². The molecule has 5 rings (SSSR count). The molecule has 7 nitrogen and oxygen atoms in total. The Balaban J connectivity index is 1.10. The number of oxime groups is 1. The molecule has 4 heterocycles. The summed E-state index contributed by atoms with van der Waals surface area (Å²) < 4.78 is 0. The maximum Gasteiger partial charge on any atom is 0.223 e. The number of likely N-dealkylation sites (tertiary alicyclic amines) is 2. The summed E-state index contributed by atoms with van der Waals surface area (Å²) in [5.74, 6) is 1.64. The van der Waals surface area contributed by atoms with Crippen LogP contribution in [0.3, 0.4) is 0 Å². The maximum atomic E-state index is 12.6. The van der Waals surface area contributed by atoms with Gasteiger partial charge in [0.2, 0.25) is 5.91 Å². The normalized spacial score (nSPS) is 24.0. The van der Waals surface area contributed by atoms with Gasteiger partial charge >= 0.3 is 0 Å². The van der Waals surface area contributed by atoms with Gasteiger partial charge in [-0.15, -0.1) is 11.3 Å². The number of aryl methyl sites for hydroxylation is 1. The van der Waals surface area contributed by atoms with E-state index in [-0.39, 0.29) is 17.9 Å². The van der Waals surface area contributed by atoms with Crippen LogP contribution >= 0.6 is 11.3 Å². The first-order chi connectivity index (χ1) is 15.2. The van der Waals surface area contributed by atoms with Crippen LogP contribution < -0.4 is 5.32 Å². The summed E-state index contributed by atoms with van der Waals surface area (Å²) in [4.78, 5) is 27.7. The van der Waals surface area contributed by atoms with Crippen LogP contribution in [0.1, 0.15) is 29.1 Å². The van der Waals surface area contributed by atoms with Crippen molar-refractivity contribution in [3.8, 4) is 0 Å². The second kappa shape index (κ2) is 8.96. The summed E-state index contributed by atoms with van der Waals surface area (Å²) in [5.41, 5.74) is 2.28. The minimum absolute atomic E-state index is 0.0756. The summed E-state index contributed by atoms with van der Waals surface area (Å²) >= 11 is 1.70. The van der Waals surface area contributed by atoms with Gasteiger partial charge in [0.05, 0.1) is 16.6 Å². The van der Waals surface area contributed by atoms with E-state index in [1.807, 2.05) is 37.3 Å². The highest BCUT2D eigenvalue weighted by molar-refractivity contribution is 7.09. The topological polar surface area (TPSA) is 70.1 Å². The molecule has 0 bridgehead atoms. The highest BCUT2D eigenvalue weighted by atomic mass is 32.1. The van der Waals surface area contributed by atoms with E-state index in [4.69, 9.17) is 4.84 Å². The van der Waals surface area contributed by atoms with Gasteiger partial charge in [-0.2, -0.15) is 0 Å². The van der Waals surface area contributed by atoms with Crippen molar-refractivity contribution in [1.82, 2.24) is 20.1 Å². The molecular formula is C23H29N5O2S. The summed E-state index contributed by atoms with van der Waals surface area (Å²) in [5, 5.41) is 10.8. The van der Waals surface area contributed by atoms with Crippen molar-refractivity contribution in [1.29, 1.82) is 0 Å². The predicted octanol–water partition coefficient (Wildman–Crippen LogP) is 2.62. The number of nitrogens with zero attached hydrogens (tertiary/aromatic N) is 4.